The number of carbonyl (C=O) groups excluding carboxylic acids is 1. The Morgan fingerprint density at radius 3 is 2.47 bits per heavy atom. The van der Waals surface area contributed by atoms with Crippen LogP contribution in [0.15, 0.2) is 54.6 Å². The predicted molar refractivity (Wildman–Crippen MR) is 120 cm³/mol. The third-order valence-electron chi connectivity index (χ3n) is 5.64. The van der Waals surface area contributed by atoms with Gasteiger partial charge in [0.05, 0.1) is 19.8 Å². The summed E-state index contributed by atoms with van der Waals surface area (Å²) in [6.07, 6.45) is 4.60. The van der Waals surface area contributed by atoms with Gasteiger partial charge in [-0.1, -0.05) is 42.5 Å². The topological polar surface area (TPSA) is 50.8 Å². The van der Waals surface area contributed by atoms with Crippen molar-refractivity contribution in [3.63, 3.8) is 0 Å². The Kier molecular flexibility index (Phi) is 9.19. The smallest absolute Gasteiger partial charge is 0.220 e. The summed E-state index contributed by atoms with van der Waals surface area (Å²) >= 11 is 0. The molecule has 5 heteroatoms. The average molecular weight is 411 g/mol. The summed E-state index contributed by atoms with van der Waals surface area (Å²) in [5.74, 6) is 0.953. The summed E-state index contributed by atoms with van der Waals surface area (Å²) < 4.78 is 11.0. The molecule has 0 spiro atoms. The van der Waals surface area contributed by atoms with Gasteiger partial charge in [0, 0.05) is 19.6 Å². The molecule has 1 atom stereocenters. The molecule has 1 aliphatic heterocycles. The van der Waals surface area contributed by atoms with Gasteiger partial charge in [-0.3, -0.25) is 9.69 Å². The third kappa shape index (κ3) is 7.15. The molecule has 1 fully saturated rings. The number of hydrogen-bond donors (Lipinski definition) is 1. The molecule has 1 heterocycles. The van der Waals surface area contributed by atoms with Crippen LogP contribution in [0, 0.1) is 0 Å². The van der Waals surface area contributed by atoms with Gasteiger partial charge in [-0.2, -0.15) is 0 Å². The van der Waals surface area contributed by atoms with Gasteiger partial charge in [-0.15, -0.1) is 0 Å². The van der Waals surface area contributed by atoms with Crippen LogP contribution in [0.5, 0.6) is 5.75 Å². The van der Waals surface area contributed by atoms with Crippen LogP contribution in [0.4, 0.5) is 0 Å². The molecule has 2 aromatic carbocycles. The standard InChI is InChI=1S/C25H34N2O3/c1-29-23-13-11-22(12-14-23)24(27-16-5-6-17-27)20-26-25(28)10-7-18-30-19-15-21-8-3-2-4-9-21/h2-4,8-9,11-14,24H,5-7,10,15-20H2,1H3,(H,26,28). The molecular formula is C25H34N2O3. The molecule has 2 aromatic rings. The first-order chi connectivity index (χ1) is 14.8. The van der Waals surface area contributed by atoms with Crippen molar-refractivity contribution in [2.24, 2.45) is 0 Å². The van der Waals surface area contributed by atoms with E-state index in [-0.39, 0.29) is 11.9 Å². The maximum absolute atomic E-state index is 12.3. The van der Waals surface area contributed by atoms with Gasteiger partial charge in [0.2, 0.25) is 5.91 Å². The zero-order chi connectivity index (χ0) is 21.0. The molecule has 1 amide bonds. The number of nitrogens with one attached hydrogen (secondary N) is 1. The highest BCUT2D eigenvalue weighted by atomic mass is 16.5. The van der Waals surface area contributed by atoms with Crippen molar-refractivity contribution in [2.45, 2.75) is 38.1 Å². The SMILES string of the molecule is COc1ccc(C(CNC(=O)CCCOCCc2ccccc2)N2CCCC2)cc1. The Bertz CT molecular complexity index is 743. The van der Waals surface area contributed by atoms with E-state index in [9.17, 15) is 4.79 Å². The largest absolute Gasteiger partial charge is 0.497 e. The van der Waals surface area contributed by atoms with Gasteiger partial charge in [-0.05, 0) is 62.0 Å². The van der Waals surface area contributed by atoms with E-state index in [0.29, 0.717) is 26.2 Å². The van der Waals surface area contributed by atoms with E-state index in [0.717, 1.165) is 31.7 Å². The lowest BCUT2D eigenvalue weighted by molar-refractivity contribution is -0.121. The number of rotatable bonds is 12. The lowest BCUT2D eigenvalue weighted by atomic mass is 10.1. The van der Waals surface area contributed by atoms with Crippen molar-refractivity contribution in [3.8, 4) is 5.75 Å². The fourth-order valence-electron chi connectivity index (χ4n) is 3.91. The minimum absolute atomic E-state index is 0.0966. The zero-order valence-corrected chi connectivity index (χ0v) is 18.0. The van der Waals surface area contributed by atoms with Crippen LogP contribution in [0.1, 0.15) is 42.9 Å². The second-order valence-corrected chi connectivity index (χ2v) is 7.79. The molecule has 5 nitrogen and oxygen atoms in total. The Labute approximate surface area is 180 Å². The first-order valence-electron chi connectivity index (χ1n) is 11.0. The van der Waals surface area contributed by atoms with E-state index in [1.165, 1.54) is 24.0 Å². The number of benzene rings is 2. The number of ether oxygens (including phenoxy) is 2. The minimum Gasteiger partial charge on any atom is -0.497 e. The molecule has 1 aliphatic rings. The van der Waals surface area contributed by atoms with E-state index in [1.54, 1.807) is 7.11 Å². The summed E-state index contributed by atoms with van der Waals surface area (Å²) in [6.45, 7) is 4.12. The Morgan fingerprint density at radius 2 is 1.77 bits per heavy atom. The fourth-order valence-corrected chi connectivity index (χ4v) is 3.91. The molecule has 3 rings (SSSR count). The number of methoxy groups -OCH3 is 1. The van der Waals surface area contributed by atoms with Crippen LogP contribution < -0.4 is 10.1 Å². The molecule has 0 radical (unpaired) electrons. The van der Waals surface area contributed by atoms with Crippen LogP contribution in [-0.4, -0.2) is 50.8 Å². The average Bonchev–Trinajstić information content (AvgIpc) is 3.32. The molecule has 1 unspecified atom stereocenters. The number of hydrogen-bond acceptors (Lipinski definition) is 4. The molecule has 0 saturated carbocycles. The van der Waals surface area contributed by atoms with Crippen LogP contribution >= 0.6 is 0 Å². The van der Waals surface area contributed by atoms with Crippen molar-refractivity contribution >= 4 is 5.91 Å². The molecule has 30 heavy (non-hydrogen) atoms. The summed E-state index contributed by atoms with van der Waals surface area (Å²) in [7, 11) is 1.68. The highest BCUT2D eigenvalue weighted by Crippen LogP contribution is 2.26. The summed E-state index contributed by atoms with van der Waals surface area (Å²) in [5.41, 5.74) is 2.50. The number of amides is 1. The Hall–Kier alpha value is -2.37. The van der Waals surface area contributed by atoms with Gasteiger partial charge < -0.3 is 14.8 Å². The number of likely N-dealkylation sites (tertiary alicyclic amines) is 1. The van der Waals surface area contributed by atoms with Crippen molar-refractivity contribution in [1.29, 1.82) is 0 Å². The lowest BCUT2D eigenvalue weighted by Crippen LogP contribution is -2.36. The number of carbonyl (C=O) groups is 1. The fraction of sp³-hybridized carbons (Fsp3) is 0.480. The van der Waals surface area contributed by atoms with Gasteiger partial charge in [-0.25, -0.2) is 0 Å². The highest BCUT2D eigenvalue weighted by Gasteiger charge is 2.23. The van der Waals surface area contributed by atoms with Gasteiger partial charge in [0.15, 0.2) is 0 Å². The second kappa shape index (κ2) is 12.4. The van der Waals surface area contributed by atoms with Gasteiger partial charge in [0.1, 0.15) is 5.75 Å². The minimum atomic E-state index is 0.0966. The first kappa shape index (κ1) is 22.3. The second-order valence-electron chi connectivity index (χ2n) is 7.79. The molecule has 1 saturated heterocycles. The summed E-state index contributed by atoms with van der Waals surface area (Å²) in [4.78, 5) is 14.8. The Morgan fingerprint density at radius 1 is 1.03 bits per heavy atom. The number of nitrogens with zero attached hydrogens (tertiary/aromatic N) is 1. The van der Waals surface area contributed by atoms with E-state index in [2.05, 4.69) is 34.5 Å². The quantitative estimate of drug-likeness (QED) is 0.538. The zero-order valence-electron chi connectivity index (χ0n) is 18.0. The van der Waals surface area contributed by atoms with Gasteiger partial charge >= 0.3 is 0 Å². The highest BCUT2D eigenvalue weighted by molar-refractivity contribution is 5.75. The first-order valence-corrected chi connectivity index (χ1v) is 11.0. The van der Waals surface area contributed by atoms with Crippen LogP contribution in [0.2, 0.25) is 0 Å². The third-order valence-corrected chi connectivity index (χ3v) is 5.64. The Balaban J connectivity index is 1.37. The van der Waals surface area contributed by atoms with Crippen LogP contribution in [0.3, 0.4) is 0 Å². The molecule has 162 valence electrons. The molecule has 0 bridgehead atoms. The van der Waals surface area contributed by atoms with Crippen LogP contribution in [0.25, 0.3) is 0 Å². The molecule has 0 aromatic heterocycles. The normalized spacial score (nSPS) is 15.1. The monoisotopic (exact) mass is 410 g/mol. The van der Waals surface area contributed by atoms with Crippen LogP contribution in [-0.2, 0) is 16.0 Å². The van der Waals surface area contributed by atoms with Gasteiger partial charge in [0.25, 0.3) is 0 Å². The maximum atomic E-state index is 12.3. The summed E-state index contributed by atoms with van der Waals surface area (Å²) in [5, 5.41) is 3.14. The lowest BCUT2D eigenvalue weighted by Gasteiger charge is -2.28. The van der Waals surface area contributed by atoms with Crippen molar-refractivity contribution in [3.05, 3.63) is 65.7 Å². The van der Waals surface area contributed by atoms with Crippen molar-refractivity contribution < 1.29 is 14.3 Å². The maximum Gasteiger partial charge on any atom is 0.220 e. The van der Waals surface area contributed by atoms with E-state index in [1.807, 2.05) is 30.3 Å². The van der Waals surface area contributed by atoms with E-state index < -0.39 is 0 Å². The van der Waals surface area contributed by atoms with Crippen molar-refractivity contribution in [2.75, 3.05) is 40.0 Å². The van der Waals surface area contributed by atoms with E-state index in [4.69, 9.17) is 9.47 Å². The van der Waals surface area contributed by atoms with E-state index >= 15 is 0 Å². The molecular weight excluding hydrogens is 376 g/mol. The summed E-state index contributed by atoms with van der Waals surface area (Å²) in [6, 6.07) is 18.7. The predicted octanol–water partition coefficient (Wildman–Crippen LogP) is 3.99. The molecule has 0 aliphatic carbocycles. The molecule has 1 N–H and O–H groups in total. The van der Waals surface area contributed by atoms with Crippen molar-refractivity contribution in [1.82, 2.24) is 10.2 Å².